The average molecular weight is 439 g/mol. The third-order valence-corrected chi connectivity index (χ3v) is 5.66. The number of amides is 1. The Morgan fingerprint density at radius 3 is 2.59 bits per heavy atom. The molecular formula is C22H19F2N5O3. The highest BCUT2D eigenvalue weighted by Crippen LogP contribution is 2.55. The van der Waals surface area contributed by atoms with Gasteiger partial charge in [0.1, 0.15) is 11.8 Å². The minimum Gasteiger partial charge on any atom is -0.450 e. The van der Waals surface area contributed by atoms with Crippen LogP contribution in [0.3, 0.4) is 0 Å². The van der Waals surface area contributed by atoms with Crippen molar-refractivity contribution in [3.8, 4) is 24.0 Å². The largest absolute Gasteiger partial charge is 0.450 e. The molecule has 0 saturated heterocycles. The van der Waals surface area contributed by atoms with Crippen LogP contribution in [0.5, 0.6) is 5.75 Å². The maximum atomic E-state index is 13.1. The quantitative estimate of drug-likeness (QED) is 0.761. The molecule has 8 nitrogen and oxygen atoms in total. The Kier molecular flexibility index (Phi) is 6.32. The third kappa shape index (κ3) is 3.59. The molecule has 0 fully saturated rings. The lowest BCUT2D eigenvalue weighted by molar-refractivity contribution is -0.0509. The molecule has 0 unspecified atom stereocenters. The topological polar surface area (TPSA) is 136 Å². The summed E-state index contributed by atoms with van der Waals surface area (Å²) in [5.74, 6) is -2.08. The van der Waals surface area contributed by atoms with Crippen LogP contribution in [-0.4, -0.2) is 37.3 Å². The molecule has 0 aromatic heterocycles. The lowest BCUT2D eigenvalue weighted by Gasteiger charge is -2.45. The number of ether oxygens (including phenoxy) is 2. The van der Waals surface area contributed by atoms with Crippen molar-refractivity contribution in [2.45, 2.75) is 19.5 Å². The zero-order valence-electron chi connectivity index (χ0n) is 17.1. The second-order valence-electron chi connectivity index (χ2n) is 7.20. The van der Waals surface area contributed by atoms with Crippen molar-refractivity contribution >= 4 is 6.09 Å². The van der Waals surface area contributed by atoms with Crippen LogP contribution >= 0.6 is 0 Å². The molecule has 1 aromatic carbocycles. The second-order valence-corrected chi connectivity index (χ2v) is 7.20. The molecule has 0 bridgehead atoms. The highest BCUT2D eigenvalue weighted by molar-refractivity contribution is 5.69. The van der Waals surface area contributed by atoms with E-state index in [2.05, 4.69) is 4.74 Å². The van der Waals surface area contributed by atoms with E-state index >= 15 is 0 Å². The van der Waals surface area contributed by atoms with Crippen LogP contribution in [-0.2, 0) is 4.74 Å². The van der Waals surface area contributed by atoms with Crippen LogP contribution in [0.1, 0.15) is 18.4 Å². The van der Waals surface area contributed by atoms with Crippen LogP contribution in [0.25, 0.3) is 0 Å². The normalized spacial score (nSPS) is 21.5. The number of fused-ring (bicyclic) bond motifs is 1. The van der Waals surface area contributed by atoms with Crippen LogP contribution in [0, 0.1) is 45.3 Å². The Morgan fingerprint density at radius 2 is 2.00 bits per heavy atom. The van der Waals surface area contributed by atoms with Crippen molar-refractivity contribution in [3.63, 3.8) is 0 Å². The van der Waals surface area contributed by atoms with Gasteiger partial charge < -0.3 is 20.1 Å². The summed E-state index contributed by atoms with van der Waals surface area (Å²) >= 11 is 0. The van der Waals surface area contributed by atoms with Crippen molar-refractivity contribution in [2.75, 3.05) is 19.7 Å². The summed E-state index contributed by atoms with van der Waals surface area (Å²) in [5, 5.41) is 29.9. The Morgan fingerprint density at radius 1 is 1.31 bits per heavy atom. The van der Waals surface area contributed by atoms with Gasteiger partial charge in [-0.05, 0) is 18.6 Å². The van der Waals surface area contributed by atoms with E-state index in [4.69, 9.17) is 10.5 Å². The Balaban J connectivity index is 2.27. The standard InChI is InChI=1S/C22H19F2N5O3/c1-2-31-21(30)29-8-7-13-15(9-25)19(28)22(11-26,12-27)18(16(13)10-29)14-5-3-4-6-17(14)32-20(23)24/h3-7,16,18,20H,2,8,10,28H2,1H3/t16-,18+/m0/s1. The molecule has 164 valence electrons. The first kappa shape index (κ1) is 22.6. The average Bonchev–Trinajstić information content (AvgIpc) is 2.78. The van der Waals surface area contributed by atoms with Gasteiger partial charge in [-0.25, -0.2) is 4.79 Å². The summed E-state index contributed by atoms with van der Waals surface area (Å²) in [5.41, 5.74) is 4.47. The first-order valence-corrected chi connectivity index (χ1v) is 9.73. The monoisotopic (exact) mass is 439 g/mol. The number of carbonyl (C=O) groups is 1. The van der Waals surface area contributed by atoms with Gasteiger partial charge in [0, 0.05) is 30.5 Å². The van der Waals surface area contributed by atoms with Gasteiger partial charge in [-0.3, -0.25) is 0 Å². The van der Waals surface area contributed by atoms with E-state index in [0.717, 1.165) is 0 Å². The number of benzene rings is 1. The molecule has 10 heteroatoms. The number of nitrogens with two attached hydrogens (primary N) is 1. The van der Waals surface area contributed by atoms with E-state index in [1.54, 1.807) is 19.1 Å². The summed E-state index contributed by atoms with van der Waals surface area (Å²) in [4.78, 5) is 13.7. The van der Waals surface area contributed by atoms with Crippen molar-refractivity contribution in [1.82, 2.24) is 4.90 Å². The van der Waals surface area contributed by atoms with E-state index in [9.17, 15) is 29.4 Å². The first-order chi connectivity index (χ1) is 15.3. The molecule has 32 heavy (non-hydrogen) atoms. The minimum absolute atomic E-state index is 0.0120. The third-order valence-electron chi connectivity index (χ3n) is 5.66. The molecule has 2 aliphatic rings. The van der Waals surface area contributed by atoms with Gasteiger partial charge in [-0.2, -0.15) is 24.6 Å². The fourth-order valence-electron chi connectivity index (χ4n) is 4.33. The lowest BCUT2D eigenvalue weighted by Crippen LogP contribution is -2.49. The zero-order valence-corrected chi connectivity index (χ0v) is 17.1. The zero-order chi connectivity index (χ0) is 23.5. The van der Waals surface area contributed by atoms with Gasteiger partial charge in [0.25, 0.3) is 0 Å². The summed E-state index contributed by atoms with van der Waals surface area (Å²) in [7, 11) is 0. The van der Waals surface area contributed by atoms with Gasteiger partial charge in [-0.15, -0.1) is 0 Å². The van der Waals surface area contributed by atoms with E-state index in [1.807, 2.05) is 18.2 Å². The smallest absolute Gasteiger partial charge is 0.410 e. The van der Waals surface area contributed by atoms with Crippen LogP contribution in [0.2, 0.25) is 0 Å². The summed E-state index contributed by atoms with van der Waals surface area (Å²) < 4.78 is 35.9. The van der Waals surface area contributed by atoms with Crippen LogP contribution in [0.15, 0.2) is 47.2 Å². The Hall–Kier alpha value is -4.10. The predicted molar refractivity (Wildman–Crippen MR) is 106 cm³/mol. The molecule has 2 N–H and O–H groups in total. The highest BCUT2D eigenvalue weighted by atomic mass is 19.3. The van der Waals surface area contributed by atoms with Crippen LogP contribution in [0.4, 0.5) is 13.6 Å². The minimum atomic E-state index is -3.14. The number of halogens is 2. The molecule has 0 radical (unpaired) electrons. The molecule has 0 saturated carbocycles. The SMILES string of the molecule is CCOC(=O)N1CC=C2C(C#N)=C(N)C(C#N)(C#N)[C@H](c3ccccc3OC(F)F)[C@H]2C1. The van der Waals surface area contributed by atoms with E-state index in [-0.39, 0.29) is 42.3 Å². The number of nitrogens with zero attached hydrogens (tertiary/aromatic N) is 4. The molecule has 3 rings (SSSR count). The predicted octanol–water partition coefficient (Wildman–Crippen LogP) is 3.17. The molecule has 1 aliphatic carbocycles. The van der Waals surface area contributed by atoms with Gasteiger partial charge in [0.2, 0.25) is 0 Å². The van der Waals surface area contributed by atoms with Crippen molar-refractivity contribution in [2.24, 2.45) is 17.1 Å². The maximum absolute atomic E-state index is 13.1. The van der Waals surface area contributed by atoms with E-state index < -0.39 is 30.0 Å². The van der Waals surface area contributed by atoms with E-state index in [1.165, 1.54) is 23.1 Å². The summed E-state index contributed by atoms with van der Waals surface area (Å²) in [6, 6.07) is 11.6. The highest BCUT2D eigenvalue weighted by Gasteiger charge is 2.55. The molecule has 0 spiro atoms. The van der Waals surface area contributed by atoms with Gasteiger partial charge in [0.15, 0.2) is 5.41 Å². The fourth-order valence-corrected chi connectivity index (χ4v) is 4.33. The molecule has 2 atom stereocenters. The van der Waals surface area contributed by atoms with Crippen molar-refractivity contribution in [3.05, 3.63) is 52.7 Å². The molecule has 1 amide bonds. The van der Waals surface area contributed by atoms with Gasteiger partial charge >= 0.3 is 12.7 Å². The van der Waals surface area contributed by atoms with Gasteiger partial charge in [0.05, 0.1) is 30.0 Å². The number of hydrogen-bond donors (Lipinski definition) is 1. The number of nitriles is 3. The Labute approximate surface area is 183 Å². The molecule has 1 heterocycles. The molecule has 1 aliphatic heterocycles. The van der Waals surface area contributed by atoms with Gasteiger partial charge in [-0.1, -0.05) is 24.3 Å². The Bertz CT molecular complexity index is 1100. The van der Waals surface area contributed by atoms with E-state index in [0.29, 0.717) is 5.57 Å². The maximum Gasteiger partial charge on any atom is 0.410 e. The fraction of sp³-hybridized carbons (Fsp3) is 0.364. The number of allylic oxidation sites excluding steroid dienone is 2. The molecular weight excluding hydrogens is 420 g/mol. The summed E-state index contributed by atoms with van der Waals surface area (Å²) in [6.07, 6.45) is 0.998. The number of hydrogen-bond acceptors (Lipinski definition) is 7. The van der Waals surface area contributed by atoms with Crippen LogP contribution < -0.4 is 10.5 Å². The number of rotatable bonds is 4. The number of carbonyl (C=O) groups excluding carboxylic acids is 1. The molecule has 1 aromatic rings. The van der Waals surface area contributed by atoms with Crippen molar-refractivity contribution in [1.29, 1.82) is 15.8 Å². The number of alkyl halides is 2. The summed E-state index contributed by atoms with van der Waals surface area (Å²) in [6.45, 7) is -1.24. The first-order valence-electron chi connectivity index (χ1n) is 9.73. The lowest BCUT2D eigenvalue weighted by atomic mass is 9.58. The number of para-hydroxylation sites is 1. The van der Waals surface area contributed by atoms with Crippen molar-refractivity contribution < 1.29 is 23.0 Å². The second kappa shape index (κ2) is 8.95.